The third kappa shape index (κ3) is 3.55. The number of nitrogens with two attached hydrogens (primary N) is 1. The van der Waals surface area contributed by atoms with Gasteiger partial charge in [0.2, 0.25) is 0 Å². The lowest BCUT2D eigenvalue weighted by molar-refractivity contribution is 0.797. The van der Waals surface area contributed by atoms with Crippen molar-refractivity contribution in [2.24, 2.45) is 5.73 Å². The van der Waals surface area contributed by atoms with Gasteiger partial charge in [-0.2, -0.15) is 0 Å². The standard InChI is InChI=1S/C14H18BrN3S/c1-9(16)13-5-4-11(15)6-14(13)18(3)7-12-8-19-10(2)17-12/h4-6,8-9H,7,16H2,1-3H3. The zero-order valence-corrected chi connectivity index (χ0v) is 13.8. The molecule has 1 heterocycles. The Bertz CT molecular complexity index is 566. The van der Waals surface area contributed by atoms with Crippen LogP contribution in [0.3, 0.4) is 0 Å². The van der Waals surface area contributed by atoms with Gasteiger partial charge in [-0.3, -0.25) is 0 Å². The van der Waals surface area contributed by atoms with Crippen LogP contribution in [0.5, 0.6) is 0 Å². The van der Waals surface area contributed by atoms with Crippen molar-refractivity contribution in [3.05, 3.63) is 44.3 Å². The van der Waals surface area contributed by atoms with Crippen LogP contribution in [0.2, 0.25) is 0 Å². The fourth-order valence-electron chi connectivity index (χ4n) is 2.04. The highest BCUT2D eigenvalue weighted by atomic mass is 79.9. The predicted octanol–water partition coefficient (Wildman–Crippen LogP) is 3.87. The van der Waals surface area contributed by atoms with Gasteiger partial charge in [0.1, 0.15) is 0 Å². The Kier molecular flexibility index (Phi) is 4.60. The minimum atomic E-state index is 0.0164. The first kappa shape index (κ1) is 14.5. The van der Waals surface area contributed by atoms with Crippen LogP contribution in [0.25, 0.3) is 0 Å². The van der Waals surface area contributed by atoms with E-state index in [4.69, 9.17) is 5.73 Å². The SMILES string of the molecule is Cc1nc(CN(C)c2cc(Br)ccc2C(C)N)cs1. The van der Waals surface area contributed by atoms with Crippen LogP contribution >= 0.6 is 27.3 Å². The fourth-order valence-corrected chi connectivity index (χ4v) is 2.99. The molecule has 0 aliphatic rings. The molecule has 2 aromatic rings. The molecule has 0 spiro atoms. The molecule has 0 radical (unpaired) electrons. The van der Waals surface area contributed by atoms with Gasteiger partial charge in [-0.1, -0.05) is 22.0 Å². The molecule has 1 aromatic heterocycles. The monoisotopic (exact) mass is 339 g/mol. The molecule has 0 bridgehead atoms. The van der Waals surface area contributed by atoms with Gasteiger partial charge in [0.05, 0.1) is 17.2 Å². The second-order valence-electron chi connectivity index (χ2n) is 4.71. The first-order valence-electron chi connectivity index (χ1n) is 6.14. The third-order valence-electron chi connectivity index (χ3n) is 2.96. The van der Waals surface area contributed by atoms with Crippen LogP contribution in [-0.2, 0) is 6.54 Å². The van der Waals surface area contributed by atoms with Crippen molar-refractivity contribution >= 4 is 33.0 Å². The van der Waals surface area contributed by atoms with E-state index in [1.807, 2.05) is 19.9 Å². The van der Waals surface area contributed by atoms with E-state index in [0.717, 1.165) is 33.0 Å². The van der Waals surface area contributed by atoms with E-state index in [9.17, 15) is 0 Å². The van der Waals surface area contributed by atoms with Gasteiger partial charge in [-0.25, -0.2) is 4.98 Å². The van der Waals surface area contributed by atoms with E-state index in [-0.39, 0.29) is 6.04 Å². The summed E-state index contributed by atoms with van der Waals surface area (Å²) >= 11 is 5.21. The number of nitrogens with zero attached hydrogens (tertiary/aromatic N) is 2. The van der Waals surface area contributed by atoms with Gasteiger partial charge in [0.25, 0.3) is 0 Å². The van der Waals surface area contributed by atoms with Crippen LogP contribution < -0.4 is 10.6 Å². The molecule has 0 aliphatic heterocycles. The van der Waals surface area contributed by atoms with E-state index in [2.05, 4.69) is 50.4 Å². The molecule has 1 unspecified atom stereocenters. The summed E-state index contributed by atoms with van der Waals surface area (Å²) < 4.78 is 1.06. The molecule has 0 saturated carbocycles. The van der Waals surface area contributed by atoms with E-state index >= 15 is 0 Å². The third-order valence-corrected chi connectivity index (χ3v) is 4.28. The molecule has 0 aliphatic carbocycles. The molecule has 2 rings (SSSR count). The Hall–Kier alpha value is -0.910. The summed E-state index contributed by atoms with van der Waals surface area (Å²) in [5.41, 5.74) is 9.44. The second kappa shape index (κ2) is 6.03. The zero-order valence-electron chi connectivity index (χ0n) is 11.4. The normalized spacial score (nSPS) is 12.5. The Morgan fingerprint density at radius 1 is 1.47 bits per heavy atom. The average molecular weight is 340 g/mol. The van der Waals surface area contributed by atoms with Gasteiger partial charge in [-0.05, 0) is 31.5 Å². The van der Waals surface area contributed by atoms with Crippen molar-refractivity contribution in [2.45, 2.75) is 26.4 Å². The Labute approximate surface area is 126 Å². The van der Waals surface area contributed by atoms with Crippen molar-refractivity contribution in [3.8, 4) is 0 Å². The van der Waals surface area contributed by atoms with Crippen LogP contribution in [0.4, 0.5) is 5.69 Å². The number of hydrogen-bond acceptors (Lipinski definition) is 4. The van der Waals surface area contributed by atoms with Gasteiger partial charge < -0.3 is 10.6 Å². The zero-order chi connectivity index (χ0) is 14.0. The summed E-state index contributed by atoms with van der Waals surface area (Å²) in [5, 5.41) is 3.21. The van der Waals surface area contributed by atoms with Crippen molar-refractivity contribution in [2.75, 3.05) is 11.9 Å². The summed E-state index contributed by atoms with van der Waals surface area (Å²) in [5.74, 6) is 0. The molecule has 19 heavy (non-hydrogen) atoms. The maximum Gasteiger partial charge on any atom is 0.0898 e. The summed E-state index contributed by atoms with van der Waals surface area (Å²) in [6.45, 7) is 4.83. The van der Waals surface area contributed by atoms with Crippen molar-refractivity contribution < 1.29 is 0 Å². The molecule has 1 aromatic carbocycles. The number of rotatable bonds is 4. The summed E-state index contributed by atoms with van der Waals surface area (Å²) in [7, 11) is 2.07. The maximum absolute atomic E-state index is 6.04. The Balaban J connectivity index is 2.27. The minimum Gasteiger partial charge on any atom is -0.368 e. The Morgan fingerprint density at radius 3 is 2.79 bits per heavy atom. The summed E-state index contributed by atoms with van der Waals surface area (Å²) in [6, 6.07) is 6.23. The number of thiazole rings is 1. The molecule has 0 amide bonds. The second-order valence-corrected chi connectivity index (χ2v) is 6.68. The van der Waals surface area contributed by atoms with Crippen LogP contribution in [0.1, 0.15) is 29.2 Å². The number of anilines is 1. The minimum absolute atomic E-state index is 0.0164. The molecule has 0 fully saturated rings. The van der Waals surface area contributed by atoms with Gasteiger partial charge in [0.15, 0.2) is 0 Å². The summed E-state index contributed by atoms with van der Waals surface area (Å²) in [6.07, 6.45) is 0. The van der Waals surface area contributed by atoms with E-state index in [1.165, 1.54) is 0 Å². The van der Waals surface area contributed by atoms with Crippen LogP contribution in [-0.4, -0.2) is 12.0 Å². The Morgan fingerprint density at radius 2 is 2.21 bits per heavy atom. The average Bonchev–Trinajstić information content (AvgIpc) is 2.74. The van der Waals surface area contributed by atoms with Crippen LogP contribution in [0.15, 0.2) is 28.1 Å². The number of aromatic nitrogens is 1. The quantitative estimate of drug-likeness (QED) is 0.919. The molecule has 5 heteroatoms. The molecular formula is C14H18BrN3S. The highest BCUT2D eigenvalue weighted by molar-refractivity contribution is 9.10. The van der Waals surface area contributed by atoms with Crippen molar-refractivity contribution in [1.82, 2.24) is 4.98 Å². The number of hydrogen-bond donors (Lipinski definition) is 1. The highest BCUT2D eigenvalue weighted by Crippen LogP contribution is 2.29. The molecule has 2 N–H and O–H groups in total. The number of benzene rings is 1. The van der Waals surface area contributed by atoms with Gasteiger partial charge in [0, 0.05) is 28.6 Å². The van der Waals surface area contributed by atoms with E-state index in [1.54, 1.807) is 11.3 Å². The maximum atomic E-state index is 6.04. The first-order chi connectivity index (χ1) is 8.97. The van der Waals surface area contributed by atoms with Crippen molar-refractivity contribution in [1.29, 1.82) is 0 Å². The van der Waals surface area contributed by atoms with Crippen molar-refractivity contribution in [3.63, 3.8) is 0 Å². The molecule has 3 nitrogen and oxygen atoms in total. The molecular weight excluding hydrogens is 322 g/mol. The molecule has 1 atom stereocenters. The van der Waals surface area contributed by atoms with Gasteiger partial charge in [-0.15, -0.1) is 11.3 Å². The number of aryl methyl sites for hydroxylation is 1. The molecule has 0 saturated heterocycles. The lowest BCUT2D eigenvalue weighted by Gasteiger charge is -2.23. The smallest absolute Gasteiger partial charge is 0.0898 e. The lowest BCUT2D eigenvalue weighted by atomic mass is 10.1. The summed E-state index contributed by atoms with van der Waals surface area (Å²) in [4.78, 5) is 6.70. The fraction of sp³-hybridized carbons (Fsp3) is 0.357. The van der Waals surface area contributed by atoms with E-state index < -0.39 is 0 Å². The topological polar surface area (TPSA) is 42.2 Å². The van der Waals surface area contributed by atoms with Gasteiger partial charge >= 0.3 is 0 Å². The number of halogens is 1. The first-order valence-corrected chi connectivity index (χ1v) is 7.82. The molecule has 102 valence electrons. The highest BCUT2D eigenvalue weighted by Gasteiger charge is 2.12. The lowest BCUT2D eigenvalue weighted by Crippen LogP contribution is -2.20. The van der Waals surface area contributed by atoms with E-state index in [0.29, 0.717) is 0 Å². The largest absolute Gasteiger partial charge is 0.368 e. The predicted molar refractivity (Wildman–Crippen MR) is 85.7 cm³/mol. The van der Waals surface area contributed by atoms with Crippen LogP contribution in [0, 0.1) is 6.92 Å².